The molecule has 1 N–H and O–H groups in total. The van der Waals surface area contributed by atoms with E-state index in [0.717, 1.165) is 16.7 Å². The van der Waals surface area contributed by atoms with Crippen molar-refractivity contribution in [2.24, 2.45) is 0 Å². The van der Waals surface area contributed by atoms with Crippen molar-refractivity contribution in [1.82, 2.24) is 0 Å². The summed E-state index contributed by atoms with van der Waals surface area (Å²) in [5, 5.41) is 13.9. The molecule has 1 atom stereocenters. The van der Waals surface area contributed by atoms with Gasteiger partial charge in [-0.1, -0.05) is 99.6 Å². The van der Waals surface area contributed by atoms with Crippen LogP contribution in [0.15, 0.2) is 78.9 Å². The molecular formula is C27H24O. The van der Waals surface area contributed by atoms with E-state index in [1.807, 2.05) is 6.07 Å². The normalized spacial score (nSPS) is 15.5. The largest absolute Gasteiger partial charge is 0.384 e. The highest BCUT2D eigenvalue weighted by Crippen LogP contribution is 2.54. The zero-order valence-electron chi connectivity index (χ0n) is 16.5. The number of hydrogen-bond acceptors (Lipinski definition) is 1. The third-order valence-electron chi connectivity index (χ3n) is 5.87. The summed E-state index contributed by atoms with van der Waals surface area (Å²) in [5.41, 5.74) is 8.02. The van der Waals surface area contributed by atoms with E-state index in [-0.39, 0.29) is 5.41 Å². The lowest BCUT2D eigenvalue weighted by Crippen LogP contribution is -2.17. The quantitative estimate of drug-likeness (QED) is 0.391. The molecule has 1 nitrogen and oxygen atoms in total. The molecule has 1 heteroatoms. The minimum absolute atomic E-state index is 0.0814. The lowest BCUT2D eigenvalue weighted by molar-refractivity contribution is 0.223. The summed E-state index contributed by atoms with van der Waals surface area (Å²) < 4.78 is 0. The van der Waals surface area contributed by atoms with Crippen LogP contribution >= 0.6 is 0 Å². The van der Waals surface area contributed by atoms with Crippen molar-refractivity contribution in [3.63, 3.8) is 0 Å². The minimum atomic E-state index is -0.590. The molecule has 0 aliphatic heterocycles. The summed E-state index contributed by atoms with van der Waals surface area (Å²) in [6.07, 6.45) is -0.590. The van der Waals surface area contributed by atoms with Crippen LogP contribution in [0.1, 0.15) is 43.6 Å². The smallest absolute Gasteiger partial charge is 0.106 e. The summed E-state index contributed by atoms with van der Waals surface area (Å²) in [6.45, 7) is 6.73. The minimum Gasteiger partial charge on any atom is -0.384 e. The van der Waals surface area contributed by atoms with E-state index in [0.29, 0.717) is 0 Å². The van der Waals surface area contributed by atoms with Crippen molar-refractivity contribution in [2.75, 3.05) is 0 Å². The predicted octanol–water partition coefficient (Wildman–Crippen LogP) is 6.87. The summed E-state index contributed by atoms with van der Waals surface area (Å²) in [5.74, 6) is 0. The molecule has 1 aliphatic rings. The molecule has 1 aliphatic carbocycles. The van der Waals surface area contributed by atoms with Crippen molar-refractivity contribution in [2.45, 2.75) is 32.3 Å². The maximum absolute atomic E-state index is 11.4. The van der Waals surface area contributed by atoms with Gasteiger partial charge in [-0.2, -0.15) is 0 Å². The lowest BCUT2D eigenvalue weighted by atomic mass is 9.76. The Kier molecular flexibility index (Phi) is 3.72. The molecule has 0 radical (unpaired) electrons. The van der Waals surface area contributed by atoms with Crippen molar-refractivity contribution in [1.29, 1.82) is 0 Å². The maximum Gasteiger partial charge on any atom is 0.106 e. The molecule has 0 bridgehead atoms. The van der Waals surface area contributed by atoms with Crippen LogP contribution in [-0.4, -0.2) is 5.11 Å². The van der Waals surface area contributed by atoms with Gasteiger partial charge in [0.15, 0.2) is 0 Å². The molecule has 138 valence electrons. The third kappa shape index (κ3) is 2.36. The van der Waals surface area contributed by atoms with Crippen LogP contribution in [-0.2, 0) is 5.41 Å². The summed E-state index contributed by atoms with van der Waals surface area (Å²) >= 11 is 0. The number of aliphatic hydroxyl groups excluding tert-OH is 1. The molecule has 0 spiro atoms. The molecule has 4 aromatic rings. The molecule has 0 fully saturated rings. The first-order valence-corrected chi connectivity index (χ1v) is 9.90. The number of fused-ring (bicyclic) bond motifs is 4. The van der Waals surface area contributed by atoms with Gasteiger partial charge < -0.3 is 5.11 Å². The molecule has 1 unspecified atom stereocenters. The Morgan fingerprint density at radius 3 is 2.00 bits per heavy atom. The van der Waals surface area contributed by atoms with Crippen molar-refractivity contribution >= 4 is 10.8 Å². The van der Waals surface area contributed by atoms with Crippen LogP contribution < -0.4 is 0 Å². The van der Waals surface area contributed by atoms with Gasteiger partial charge >= 0.3 is 0 Å². The van der Waals surface area contributed by atoms with Gasteiger partial charge in [-0.15, -0.1) is 0 Å². The number of hydrogen-bond donors (Lipinski definition) is 1. The monoisotopic (exact) mass is 364 g/mol. The van der Waals surface area contributed by atoms with Gasteiger partial charge in [0.05, 0.1) is 0 Å². The fraction of sp³-hybridized carbons (Fsp3) is 0.185. The van der Waals surface area contributed by atoms with Gasteiger partial charge in [-0.25, -0.2) is 0 Å². The first kappa shape index (κ1) is 17.2. The van der Waals surface area contributed by atoms with Crippen molar-refractivity contribution in [3.8, 4) is 22.3 Å². The highest BCUT2D eigenvalue weighted by molar-refractivity contribution is 6.09. The molecule has 0 heterocycles. The second-order valence-electron chi connectivity index (χ2n) is 8.69. The fourth-order valence-corrected chi connectivity index (χ4v) is 4.84. The number of aliphatic hydroxyl groups is 1. The van der Waals surface area contributed by atoms with Gasteiger partial charge in [0.25, 0.3) is 0 Å². The van der Waals surface area contributed by atoms with Crippen LogP contribution in [0.3, 0.4) is 0 Å². The highest BCUT2D eigenvalue weighted by atomic mass is 16.3. The summed E-state index contributed by atoms with van der Waals surface area (Å²) in [7, 11) is 0. The van der Waals surface area contributed by atoms with Crippen molar-refractivity contribution < 1.29 is 5.11 Å². The topological polar surface area (TPSA) is 20.2 Å². The first-order chi connectivity index (χ1) is 13.5. The summed E-state index contributed by atoms with van der Waals surface area (Å²) in [6, 6.07) is 27.5. The molecule has 28 heavy (non-hydrogen) atoms. The van der Waals surface area contributed by atoms with E-state index in [4.69, 9.17) is 0 Å². The van der Waals surface area contributed by atoms with Crippen LogP contribution in [0, 0.1) is 0 Å². The van der Waals surface area contributed by atoms with E-state index in [9.17, 15) is 5.11 Å². The average Bonchev–Trinajstić information content (AvgIpc) is 2.98. The van der Waals surface area contributed by atoms with Crippen LogP contribution in [0.2, 0.25) is 0 Å². The Labute approximate surface area is 166 Å². The van der Waals surface area contributed by atoms with E-state index in [2.05, 4.69) is 93.6 Å². The predicted molar refractivity (Wildman–Crippen MR) is 118 cm³/mol. The molecule has 0 aromatic heterocycles. The molecule has 0 saturated carbocycles. The Morgan fingerprint density at radius 2 is 1.29 bits per heavy atom. The average molecular weight is 364 g/mol. The zero-order chi connectivity index (χ0) is 19.5. The Hall–Kier alpha value is -2.90. The summed E-state index contributed by atoms with van der Waals surface area (Å²) in [4.78, 5) is 0. The Balaban J connectivity index is 2.05. The zero-order valence-corrected chi connectivity index (χ0v) is 16.5. The molecular weight excluding hydrogens is 340 g/mol. The molecule has 4 aromatic carbocycles. The number of rotatable bonds is 1. The van der Waals surface area contributed by atoms with Gasteiger partial charge in [0.2, 0.25) is 0 Å². The lowest BCUT2D eigenvalue weighted by Gasteiger charge is -2.28. The second kappa shape index (κ2) is 6.05. The van der Waals surface area contributed by atoms with E-state index in [1.54, 1.807) is 0 Å². The van der Waals surface area contributed by atoms with Gasteiger partial charge in [0.1, 0.15) is 6.10 Å². The van der Waals surface area contributed by atoms with Gasteiger partial charge in [-0.05, 0) is 55.1 Å². The number of benzene rings is 4. The van der Waals surface area contributed by atoms with E-state index >= 15 is 0 Å². The van der Waals surface area contributed by atoms with E-state index in [1.165, 1.54) is 33.0 Å². The van der Waals surface area contributed by atoms with Gasteiger partial charge in [0, 0.05) is 0 Å². The second-order valence-corrected chi connectivity index (χ2v) is 8.69. The Morgan fingerprint density at radius 1 is 0.679 bits per heavy atom. The van der Waals surface area contributed by atoms with Crippen LogP contribution in [0.5, 0.6) is 0 Å². The maximum atomic E-state index is 11.4. The highest BCUT2D eigenvalue weighted by Gasteiger charge is 2.36. The van der Waals surface area contributed by atoms with Crippen LogP contribution in [0.25, 0.3) is 33.0 Å². The molecule has 5 rings (SSSR count). The SMILES string of the molecule is CC(C)(C)c1c2c(c(-c3ccccc3)c3ccccc13)-c1ccccc1C2O. The van der Waals surface area contributed by atoms with Crippen LogP contribution in [0.4, 0.5) is 0 Å². The fourth-order valence-electron chi connectivity index (χ4n) is 4.84. The van der Waals surface area contributed by atoms with Crippen molar-refractivity contribution in [3.05, 3.63) is 95.6 Å². The van der Waals surface area contributed by atoms with Gasteiger partial charge in [-0.3, -0.25) is 0 Å². The first-order valence-electron chi connectivity index (χ1n) is 9.90. The molecule has 0 amide bonds. The molecule has 0 saturated heterocycles. The standard InChI is InChI=1S/C27H24O/c1-27(2,3)25-20-15-9-7-13-18(20)22(17-11-5-4-6-12-17)23-19-14-8-10-16-21(19)26(28)24(23)25/h4-16,26,28H,1-3H3. The Bertz CT molecular complexity index is 1200. The van der Waals surface area contributed by atoms with E-state index < -0.39 is 6.10 Å². The third-order valence-corrected chi connectivity index (χ3v) is 5.87.